The molecular weight excluding hydrogens is 243 g/mol. The Morgan fingerprint density at radius 1 is 1.05 bits per heavy atom. The normalized spacial score (nSPS) is 14.1. The van der Waals surface area contributed by atoms with Gasteiger partial charge in [-0.25, -0.2) is 0 Å². The summed E-state index contributed by atoms with van der Waals surface area (Å²) in [5.74, 6) is 0.500. The van der Waals surface area contributed by atoms with Crippen LogP contribution in [0.2, 0.25) is 5.82 Å². The summed E-state index contributed by atoms with van der Waals surface area (Å²) in [5.41, 5.74) is 1.45. The molecule has 0 spiro atoms. The number of hydrogen-bond acceptors (Lipinski definition) is 1. The van der Waals surface area contributed by atoms with E-state index in [0.29, 0.717) is 5.82 Å². The lowest BCUT2D eigenvalue weighted by atomic mass is 9.73. The summed E-state index contributed by atoms with van der Waals surface area (Å²) in [6.45, 7) is 13.2. The van der Waals surface area contributed by atoms with Gasteiger partial charge in [0.2, 0.25) is 0 Å². The van der Waals surface area contributed by atoms with Gasteiger partial charge in [0.1, 0.15) is 0 Å². The molecule has 111 valence electrons. The molecule has 0 aliphatic heterocycles. The Balaban J connectivity index is 2.26. The Kier molecular flexibility index (Phi) is 6.32. The second-order valence-corrected chi connectivity index (χ2v) is 7.37. The first-order chi connectivity index (χ1) is 9.22. The number of hydrogen-bond donors (Lipinski definition) is 0. The molecule has 1 rings (SSSR count). The number of rotatable bonds is 7. The fraction of sp³-hybridized carbons (Fsp3) is 0.667. The van der Waals surface area contributed by atoms with Gasteiger partial charge in [-0.1, -0.05) is 64.4 Å². The minimum Gasteiger partial charge on any atom is -0.435 e. The Bertz CT molecular complexity index is 378. The van der Waals surface area contributed by atoms with Gasteiger partial charge in [0, 0.05) is 5.60 Å². The second kappa shape index (κ2) is 7.31. The molecule has 1 aromatic carbocycles. The zero-order chi connectivity index (χ0) is 15.2. The van der Waals surface area contributed by atoms with Gasteiger partial charge in [-0.3, -0.25) is 0 Å². The van der Waals surface area contributed by atoms with E-state index in [9.17, 15) is 0 Å². The van der Waals surface area contributed by atoms with Gasteiger partial charge in [0.15, 0.2) is 0 Å². The van der Waals surface area contributed by atoms with Crippen molar-refractivity contribution in [1.82, 2.24) is 0 Å². The van der Waals surface area contributed by atoms with Crippen LogP contribution in [0.1, 0.15) is 59.9 Å². The average Bonchev–Trinajstić information content (AvgIpc) is 2.36. The minimum absolute atomic E-state index is 0.124. The molecule has 0 aliphatic rings. The standard InChI is InChI=1S/C18H30BO/c1-15(19-20-18(5,6)17(2,3)4)11-10-14-16-12-8-7-9-13-16/h7-9,12-13,15H,10-11,14H2,1-6H3/t15-/m0/s1. The molecule has 0 bridgehead atoms. The molecule has 20 heavy (non-hydrogen) atoms. The largest absolute Gasteiger partial charge is 0.435 e. The third-order valence-corrected chi connectivity index (χ3v) is 4.37. The lowest BCUT2D eigenvalue weighted by molar-refractivity contribution is 0.00162. The van der Waals surface area contributed by atoms with Crippen LogP contribution in [0.25, 0.3) is 0 Å². The van der Waals surface area contributed by atoms with E-state index in [-0.39, 0.29) is 11.0 Å². The Labute approximate surface area is 126 Å². The van der Waals surface area contributed by atoms with Crippen molar-refractivity contribution in [2.24, 2.45) is 5.41 Å². The van der Waals surface area contributed by atoms with Crippen molar-refractivity contribution < 1.29 is 4.65 Å². The highest BCUT2D eigenvalue weighted by atomic mass is 16.5. The summed E-state index contributed by atoms with van der Waals surface area (Å²) in [4.78, 5) is 0. The van der Waals surface area contributed by atoms with E-state index in [1.807, 2.05) is 7.48 Å². The molecule has 0 unspecified atom stereocenters. The predicted molar refractivity (Wildman–Crippen MR) is 89.2 cm³/mol. The van der Waals surface area contributed by atoms with Crippen LogP contribution >= 0.6 is 0 Å². The maximum Gasteiger partial charge on any atom is 0.296 e. The number of benzene rings is 1. The lowest BCUT2D eigenvalue weighted by Crippen LogP contribution is -2.41. The van der Waals surface area contributed by atoms with Crippen molar-refractivity contribution in [3.05, 3.63) is 35.9 Å². The highest BCUT2D eigenvalue weighted by Crippen LogP contribution is 2.33. The van der Waals surface area contributed by atoms with Crippen LogP contribution in [-0.2, 0) is 11.1 Å². The summed E-state index contributed by atoms with van der Waals surface area (Å²) in [5, 5.41) is 0. The zero-order valence-corrected chi connectivity index (χ0v) is 14.1. The van der Waals surface area contributed by atoms with Crippen molar-refractivity contribution in [2.75, 3.05) is 0 Å². The first-order valence-electron chi connectivity index (χ1n) is 7.77. The predicted octanol–water partition coefficient (Wildman–Crippen LogP) is 5.28. The second-order valence-electron chi connectivity index (χ2n) is 7.37. The molecule has 1 atom stereocenters. The fourth-order valence-corrected chi connectivity index (χ4v) is 1.80. The van der Waals surface area contributed by atoms with Gasteiger partial charge in [-0.05, 0) is 43.5 Å². The topological polar surface area (TPSA) is 9.23 Å². The molecule has 0 N–H and O–H groups in total. The van der Waals surface area contributed by atoms with Crippen molar-refractivity contribution >= 4 is 7.48 Å². The van der Waals surface area contributed by atoms with Gasteiger partial charge in [0.05, 0.1) is 0 Å². The Morgan fingerprint density at radius 2 is 1.65 bits per heavy atom. The molecule has 1 radical (unpaired) electrons. The first kappa shape index (κ1) is 17.3. The molecule has 0 saturated carbocycles. The number of aryl methyl sites for hydroxylation is 1. The van der Waals surface area contributed by atoms with E-state index in [2.05, 4.69) is 71.9 Å². The van der Waals surface area contributed by atoms with Crippen LogP contribution < -0.4 is 0 Å². The molecule has 0 saturated heterocycles. The van der Waals surface area contributed by atoms with Crippen molar-refractivity contribution in [3.8, 4) is 0 Å². The van der Waals surface area contributed by atoms with Crippen molar-refractivity contribution in [1.29, 1.82) is 0 Å². The van der Waals surface area contributed by atoms with E-state index < -0.39 is 0 Å². The van der Waals surface area contributed by atoms with Crippen molar-refractivity contribution in [2.45, 2.75) is 72.2 Å². The van der Waals surface area contributed by atoms with E-state index >= 15 is 0 Å². The summed E-state index contributed by atoms with van der Waals surface area (Å²) >= 11 is 0. The molecule has 0 aromatic heterocycles. The molecule has 0 fully saturated rings. The van der Waals surface area contributed by atoms with Crippen LogP contribution in [0.15, 0.2) is 30.3 Å². The highest BCUT2D eigenvalue weighted by molar-refractivity contribution is 6.29. The zero-order valence-electron chi connectivity index (χ0n) is 14.1. The van der Waals surface area contributed by atoms with Crippen LogP contribution in [0.4, 0.5) is 0 Å². The van der Waals surface area contributed by atoms with E-state index in [1.165, 1.54) is 18.4 Å². The maximum atomic E-state index is 6.03. The van der Waals surface area contributed by atoms with Crippen LogP contribution in [0.3, 0.4) is 0 Å². The lowest BCUT2D eigenvalue weighted by Gasteiger charge is -2.39. The Hall–Kier alpha value is -0.755. The summed E-state index contributed by atoms with van der Waals surface area (Å²) in [6.07, 6.45) is 3.54. The molecule has 1 aromatic rings. The summed E-state index contributed by atoms with van der Waals surface area (Å²) in [6, 6.07) is 10.7. The van der Waals surface area contributed by atoms with Crippen LogP contribution in [0, 0.1) is 5.41 Å². The SMILES string of the molecule is C[C@H]([B]OC(C)(C)C(C)(C)C)CCCc1ccccc1. The average molecular weight is 273 g/mol. The molecule has 0 heterocycles. The van der Waals surface area contributed by atoms with Gasteiger partial charge in [-0.15, -0.1) is 0 Å². The van der Waals surface area contributed by atoms with E-state index in [4.69, 9.17) is 4.65 Å². The third kappa shape index (κ3) is 5.70. The fourth-order valence-electron chi connectivity index (χ4n) is 1.80. The molecule has 1 nitrogen and oxygen atoms in total. The molecule has 0 aliphatic carbocycles. The molecular formula is C18H30BO. The van der Waals surface area contributed by atoms with Crippen LogP contribution in [0.5, 0.6) is 0 Å². The van der Waals surface area contributed by atoms with Gasteiger partial charge in [0.25, 0.3) is 7.48 Å². The van der Waals surface area contributed by atoms with Crippen LogP contribution in [-0.4, -0.2) is 13.1 Å². The van der Waals surface area contributed by atoms with Crippen molar-refractivity contribution in [3.63, 3.8) is 0 Å². The minimum atomic E-state index is -0.124. The first-order valence-corrected chi connectivity index (χ1v) is 7.77. The van der Waals surface area contributed by atoms with Gasteiger partial charge in [-0.2, -0.15) is 0 Å². The smallest absolute Gasteiger partial charge is 0.296 e. The quantitative estimate of drug-likeness (QED) is 0.614. The maximum absolute atomic E-state index is 6.03. The molecule has 0 amide bonds. The molecule has 2 heteroatoms. The Morgan fingerprint density at radius 3 is 2.20 bits per heavy atom. The van der Waals surface area contributed by atoms with Gasteiger partial charge < -0.3 is 4.65 Å². The van der Waals surface area contributed by atoms with Gasteiger partial charge >= 0.3 is 0 Å². The monoisotopic (exact) mass is 273 g/mol. The summed E-state index contributed by atoms with van der Waals surface area (Å²) in [7, 11) is 2.04. The van der Waals surface area contributed by atoms with E-state index in [1.54, 1.807) is 0 Å². The highest BCUT2D eigenvalue weighted by Gasteiger charge is 2.33. The summed E-state index contributed by atoms with van der Waals surface area (Å²) < 4.78 is 6.03. The van der Waals surface area contributed by atoms with E-state index in [0.717, 1.165) is 6.42 Å². The third-order valence-electron chi connectivity index (χ3n) is 4.37.